The van der Waals surface area contributed by atoms with Gasteiger partial charge in [-0.1, -0.05) is 26.7 Å². The summed E-state index contributed by atoms with van der Waals surface area (Å²) in [5.41, 5.74) is 0.0593. The number of hydrogen-bond donors (Lipinski definition) is 1. The summed E-state index contributed by atoms with van der Waals surface area (Å²) in [7, 11) is 1.33. The molecule has 1 heterocycles. The third-order valence-electron chi connectivity index (χ3n) is 2.73. The summed E-state index contributed by atoms with van der Waals surface area (Å²) in [6, 6.07) is 0. The van der Waals surface area contributed by atoms with E-state index in [2.05, 4.69) is 10.2 Å². The Labute approximate surface area is 123 Å². The lowest BCUT2D eigenvalue weighted by molar-refractivity contribution is 0.0312. The maximum Gasteiger partial charge on any atom is 0.360 e. The molecule has 0 saturated carbocycles. The average molecular weight is 323 g/mol. The van der Waals surface area contributed by atoms with E-state index < -0.39 is 15.0 Å². The number of nitrogens with zero attached hydrogens (tertiary/aromatic N) is 1. The minimum Gasteiger partial charge on any atom is -0.458 e. The van der Waals surface area contributed by atoms with E-state index in [9.17, 15) is 13.2 Å². The highest BCUT2D eigenvalue weighted by molar-refractivity contribution is 8.13. The maximum atomic E-state index is 12.0. The number of carbonyl (C=O) groups is 1. The van der Waals surface area contributed by atoms with E-state index in [1.807, 2.05) is 13.8 Å². The second kappa shape index (κ2) is 7.08. The van der Waals surface area contributed by atoms with Crippen molar-refractivity contribution in [2.75, 3.05) is 0 Å². The van der Waals surface area contributed by atoms with Gasteiger partial charge in [0, 0.05) is 10.7 Å². The summed E-state index contributed by atoms with van der Waals surface area (Å²) in [4.78, 5) is 11.7. The summed E-state index contributed by atoms with van der Waals surface area (Å²) in [5.74, 6) is -0.774. The van der Waals surface area contributed by atoms with Crippen molar-refractivity contribution in [2.24, 2.45) is 0 Å². The molecule has 0 spiro atoms. The summed E-state index contributed by atoms with van der Waals surface area (Å²) >= 11 is 0. The van der Waals surface area contributed by atoms with E-state index in [1.165, 1.54) is 0 Å². The molecule has 0 bridgehead atoms. The van der Waals surface area contributed by atoms with Crippen molar-refractivity contribution in [1.29, 1.82) is 0 Å². The molecule has 6 nitrogen and oxygen atoms in total. The number of aromatic amines is 1. The largest absolute Gasteiger partial charge is 0.458 e. The topological polar surface area (TPSA) is 89.1 Å². The predicted octanol–water partition coefficient (Wildman–Crippen LogP) is 2.64. The van der Waals surface area contributed by atoms with Gasteiger partial charge in [-0.25, -0.2) is 13.2 Å². The van der Waals surface area contributed by atoms with Crippen LogP contribution in [-0.4, -0.2) is 30.7 Å². The van der Waals surface area contributed by atoms with Gasteiger partial charge >= 0.3 is 5.97 Å². The molecule has 114 valence electrons. The number of ether oxygens (including phenoxy) is 1. The highest BCUT2D eigenvalue weighted by atomic mass is 35.7. The number of hydrogen-bond acceptors (Lipinski definition) is 5. The average Bonchev–Trinajstić information content (AvgIpc) is 2.73. The van der Waals surface area contributed by atoms with E-state index in [0.717, 1.165) is 6.42 Å². The molecule has 0 aliphatic carbocycles. The summed E-state index contributed by atoms with van der Waals surface area (Å²) in [6.45, 7) is 5.59. The molecule has 1 rings (SSSR count). The highest BCUT2D eigenvalue weighted by Crippen LogP contribution is 2.24. The molecule has 1 unspecified atom stereocenters. The van der Waals surface area contributed by atoms with Crippen LogP contribution in [0.1, 0.15) is 56.2 Å². The number of rotatable bonds is 7. The fourth-order valence-electron chi connectivity index (χ4n) is 1.89. The van der Waals surface area contributed by atoms with Crippen molar-refractivity contribution in [1.82, 2.24) is 10.2 Å². The zero-order chi connectivity index (χ0) is 15.3. The van der Waals surface area contributed by atoms with Crippen molar-refractivity contribution in [3.8, 4) is 0 Å². The molecular weight excluding hydrogens is 304 g/mol. The van der Waals surface area contributed by atoms with Gasteiger partial charge in [0.05, 0.1) is 11.8 Å². The SMILES string of the molecule is CCCc1[nH]nc(C(=O)OC(C)CCC)c1S(=O)(=O)Cl. The van der Waals surface area contributed by atoms with Crippen LogP contribution in [0.2, 0.25) is 0 Å². The van der Waals surface area contributed by atoms with Gasteiger partial charge < -0.3 is 4.74 Å². The van der Waals surface area contributed by atoms with E-state index >= 15 is 0 Å². The van der Waals surface area contributed by atoms with Gasteiger partial charge in [-0.3, -0.25) is 5.10 Å². The predicted molar refractivity (Wildman–Crippen MR) is 75.4 cm³/mol. The molecule has 1 aromatic rings. The van der Waals surface area contributed by atoms with Crippen molar-refractivity contribution < 1.29 is 17.9 Å². The molecule has 1 aromatic heterocycles. The number of esters is 1. The number of nitrogens with one attached hydrogen (secondary N) is 1. The Balaban J connectivity index is 3.09. The summed E-state index contributed by atoms with van der Waals surface area (Å²) in [6.07, 6.45) is 2.39. The Morgan fingerprint density at radius 1 is 1.40 bits per heavy atom. The van der Waals surface area contributed by atoms with Gasteiger partial charge in [-0.15, -0.1) is 0 Å². The summed E-state index contributed by atoms with van der Waals surface area (Å²) < 4.78 is 28.4. The van der Waals surface area contributed by atoms with Gasteiger partial charge in [0.2, 0.25) is 0 Å². The molecule has 1 atom stereocenters. The maximum absolute atomic E-state index is 12.0. The van der Waals surface area contributed by atoms with Crippen LogP contribution in [0.5, 0.6) is 0 Å². The number of aryl methyl sites for hydroxylation is 1. The number of aromatic nitrogens is 2. The van der Waals surface area contributed by atoms with Crippen LogP contribution >= 0.6 is 10.7 Å². The smallest absolute Gasteiger partial charge is 0.360 e. The normalized spacial score (nSPS) is 13.2. The Bertz CT molecular complexity index is 568. The van der Waals surface area contributed by atoms with Crippen molar-refractivity contribution in [3.05, 3.63) is 11.4 Å². The Hall–Kier alpha value is -1.08. The minimum atomic E-state index is -4.06. The fourth-order valence-corrected chi connectivity index (χ4v) is 3.19. The molecule has 0 saturated heterocycles. The molecule has 0 radical (unpaired) electrons. The lowest BCUT2D eigenvalue weighted by Gasteiger charge is -2.11. The number of H-pyrrole nitrogens is 1. The third kappa shape index (κ3) is 4.21. The second-order valence-electron chi connectivity index (χ2n) is 4.57. The van der Waals surface area contributed by atoms with Crippen molar-refractivity contribution >= 4 is 25.7 Å². The zero-order valence-electron chi connectivity index (χ0n) is 11.8. The van der Waals surface area contributed by atoms with E-state index in [4.69, 9.17) is 15.4 Å². The Morgan fingerprint density at radius 2 is 2.05 bits per heavy atom. The molecule has 20 heavy (non-hydrogen) atoms. The van der Waals surface area contributed by atoms with Crippen LogP contribution in [0.25, 0.3) is 0 Å². The van der Waals surface area contributed by atoms with Crippen molar-refractivity contribution in [3.63, 3.8) is 0 Å². The van der Waals surface area contributed by atoms with Gasteiger partial charge in [0.25, 0.3) is 9.05 Å². The molecular formula is C12H19ClN2O4S. The van der Waals surface area contributed by atoms with Gasteiger partial charge in [0.15, 0.2) is 5.69 Å². The van der Waals surface area contributed by atoms with Crippen LogP contribution in [0.15, 0.2) is 4.90 Å². The molecule has 1 N–H and O–H groups in total. The van der Waals surface area contributed by atoms with E-state index in [0.29, 0.717) is 25.0 Å². The Morgan fingerprint density at radius 3 is 2.55 bits per heavy atom. The van der Waals surface area contributed by atoms with E-state index in [-0.39, 0.29) is 16.7 Å². The fraction of sp³-hybridized carbons (Fsp3) is 0.667. The lowest BCUT2D eigenvalue weighted by atomic mass is 10.2. The first-order valence-electron chi connectivity index (χ1n) is 6.54. The molecule has 0 aliphatic rings. The number of carbonyl (C=O) groups excluding carboxylic acids is 1. The first kappa shape index (κ1) is 17.0. The quantitative estimate of drug-likeness (QED) is 0.615. The lowest BCUT2D eigenvalue weighted by Crippen LogP contribution is -2.17. The van der Waals surface area contributed by atoms with Crippen molar-refractivity contribution in [2.45, 2.75) is 57.5 Å². The Kier molecular flexibility index (Phi) is 6.01. The van der Waals surface area contributed by atoms with Crippen LogP contribution in [0.4, 0.5) is 0 Å². The van der Waals surface area contributed by atoms with Gasteiger partial charge in [-0.2, -0.15) is 5.10 Å². The van der Waals surface area contributed by atoms with Crippen LogP contribution in [0.3, 0.4) is 0 Å². The van der Waals surface area contributed by atoms with Gasteiger partial charge in [-0.05, 0) is 19.8 Å². The van der Waals surface area contributed by atoms with Crippen LogP contribution in [0, 0.1) is 0 Å². The highest BCUT2D eigenvalue weighted by Gasteiger charge is 2.29. The molecule has 0 amide bonds. The minimum absolute atomic E-state index is 0.269. The molecule has 0 aliphatic heterocycles. The number of halogens is 1. The standard InChI is InChI=1S/C12H19ClN2O4S/c1-4-6-8(3)19-12(16)10-11(20(13,17)18)9(7-5-2)14-15-10/h8H,4-7H2,1-3H3,(H,14,15). The monoisotopic (exact) mass is 322 g/mol. The third-order valence-corrected chi connectivity index (χ3v) is 4.12. The zero-order valence-corrected chi connectivity index (χ0v) is 13.3. The van der Waals surface area contributed by atoms with Gasteiger partial charge in [0.1, 0.15) is 4.90 Å². The van der Waals surface area contributed by atoms with Crippen LogP contribution in [-0.2, 0) is 20.2 Å². The molecule has 0 aromatic carbocycles. The second-order valence-corrected chi connectivity index (χ2v) is 7.08. The first-order valence-corrected chi connectivity index (χ1v) is 8.85. The van der Waals surface area contributed by atoms with Crippen LogP contribution < -0.4 is 0 Å². The first-order chi connectivity index (χ1) is 9.31. The molecule has 8 heteroatoms. The van der Waals surface area contributed by atoms with E-state index in [1.54, 1.807) is 6.92 Å². The summed E-state index contributed by atoms with van der Waals surface area (Å²) in [5, 5.41) is 6.30. The molecule has 0 fully saturated rings.